The van der Waals surface area contributed by atoms with E-state index in [-0.39, 0.29) is 0 Å². The standard InChI is InChI=1S/C26H29NO4/c1-5-29-24-14-12-19(15-25(24)30-6-2)26-27-21(17-31-26)13-11-20(16-28)23-10-8-7-9-22(23)18(3)4/h7-12,14-18H,5-6,13H2,1-4H3/b20-11-. The van der Waals surface area contributed by atoms with Gasteiger partial charge in [-0.25, -0.2) is 4.98 Å². The fourth-order valence-electron chi connectivity index (χ4n) is 3.42. The number of ether oxygens (including phenoxy) is 2. The lowest BCUT2D eigenvalue weighted by molar-refractivity contribution is -0.103. The summed E-state index contributed by atoms with van der Waals surface area (Å²) in [5.41, 5.74) is 4.34. The molecule has 5 heteroatoms. The molecule has 0 saturated carbocycles. The monoisotopic (exact) mass is 419 g/mol. The zero-order chi connectivity index (χ0) is 22.2. The Bertz CT molecular complexity index is 1050. The van der Waals surface area contributed by atoms with Crippen LogP contribution in [0.5, 0.6) is 11.5 Å². The molecule has 1 aromatic heterocycles. The van der Waals surface area contributed by atoms with E-state index in [2.05, 4.69) is 24.9 Å². The average molecular weight is 420 g/mol. The van der Waals surface area contributed by atoms with E-state index in [1.165, 1.54) is 0 Å². The van der Waals surface area contributed by atoms with Crippen LogP contribution in [0.15, 0.2) is 59.2 Å². The number of aldehydes is 1. The molecule has 0 fully saturated rings. The summed E-state index contributed by atoms with van der Waals surface area (Å²) >= 11 is 0. The number of carbonyl (C=O) groups is 1. The minimum atomic E-state index is 0.331. The lowest BCUT2D eigenvalue weighted by atomic mass is 9.92. The first-order valence-corrected chi connectivity index (χ1v) is 10.7. The molecule has 0 aliphatic heterocycles. The van der Waals surface area contributed by atoms with Crippen LogP contribution >= 0.6 is 0 Å². The van der Waals surface area contributed by atoms with E-state index < -0.39 is 0 Å². The molecule has 0 unspecified atom stereocenters. The summed E-state index contributed by atoms with van der Waals surface area (Å²) in [6.45, 7) is 9.22. The molecule has 0 atom stereocenters. The molecule has 0 spiro atoms. The first-order chi connectivity index (χ1) is 15.1. The van der Waals surface area contributed by atoms with Crippen LogP contribution in [0.25, 0.3) is 17.0 Å². The molecule has 0 aliphatic carbocycles. The third-order valence-corrected chi connectivity index (χ3v) is 4.89. The maximum Gasteiger partial charge on any atom is 0.226 e. The van der Waals surface area contributed by atoms with Crippen molar-refractivity contribution in [3.05, 3.63) is 71.6 Å². The van der Waals surface area contributed by atoms with Gasteiger partial charge >= 0.3 is 0 Å². The van der Waals surface area contributed by atoms with Gasteiger partial charge in [0.05, 0.1) is 18.9 Å². The van der Waals surface area contributed by atoms with Gasteiger partial charge in [-0.3, -0.25) is 4.79 Å². The van der Waals surface area contributed by atoms with Gasteiger partial charge in [-0.2, -0.15) is 0 Å². The molecular formula is C26H29NO4. The molecule has 0 saturated heterocycles. The van der Waals surface area contributed by atoms with Crippen LogP contribution in [0.1, 0.15) is 50.4 Å². The second-order valence-electron chi connectivity index (χ2n) is 7.39. The number of rotatable bonds is 10. The predicted octanol–water partition coefficient (Wildman–Crippen LogP) is 6.09. The fraction of sp³-hybridized carbons (Fsp3) is 0.308. The summed E-state index contributed by atoms with van der Waals surface area (Å²) in [7, 11) is 0. The molecule has 0 amide bonds. The highest BCUT2D eigenvalue weighted by molar-refractivity contribution is 6.07. The number of hydrogen-bond donors (Lipinski definition) is 0. The molecule has 3 aromatic rings. The molecule has 0 radical (unpaired) electrons. The van der Waals surface area contributed by atoms with Crippen LogP contribution in [-0.4, -0.2) is 24.5 Å². The molecular weight excluding hydrogens is 390 g/mol. The highest BCUT2D eigenvalue weighted by Crippen LogP contribution is 2.33. The average Bonchev–Trinajstić information content (AvgIpc) is 3.25. The maximum absolute atomic E-state index is 11.8. The van der Waals surface area contributed by atoms with Gasteiger partial charge in [0.15, 0.2) is 11.5 Å². The van der Waals surface area contributed by atoms with Crippen molar-refractivity contribution in [1.29, 1.82) is 0 Å². The number of carbonyl (C=O) groups excluding carboxylic acids is 1. The third kappa shape index (κ3) is 5.43. The van der Waals surface area contributed by atoms with Crippen LogP contribution in [0, 0.1) is 0 Å². The molecule has 0 aliphatic rings. The van der Waals surface area contributed by atoms with Crippen molar-refractivity contribution < 1.29 is 18.7 Å². The number of benzene rings is 2. The molecule has 3 rings (SSSR count). The van der Waals surface area contributed by atoms with Crippen molar-refractivity contribution in [2.24, 2.45) is 0 Å². The zero-order valence-corrected chi connectivity index (χ0v) is 18.6. The minimum absolute atomic E-state index is 0.331. The predicted molar refractivity (Wildman–Crippen MR) is 123 cm³/mol. The van der Waals surface area contributed by atoms with Gasteiger partial charge in [-0.05, 0) is 49.1 Å². The second-order valence-corrected chi connectivity index (χ2v) is 7.39. The zero-order valence-electron chi connectivity index (χ0n) is 18.6. The number of nitrogens with zero attached hydrogens (tertiary/aromatic N) is 1. The van der Waals surface area contributed by atoms with Crippen molar-refractivity contribution in [2.75, 3.05) is 13.2 Å². The van der Waals surface area contributed by atoms with Crippen molar-refractivity contribution in [2.45, 2.75) is 40.0 Å². The van der Waals surface area contributed by atoms with Gasteiger partial charge in [0.25, 0.3) is 0 Å². The first kappa shape index (κ1) is 22.3. The van der Waals surface area contributed by atoms with E-state index in [1.54, 1.807) is 6.26 Å². The van der Waals surface area contributed by atoms with E-state index in [0.717, 1.165) is 28.7 Å². The fourth-order valence-corrected chi connectivity index (χ4v) is 3.42. The highest BCUT2D eigenvalue weighted by atomic mass is 16.5. The molecule has 31 heavy (non-hydrogen) atoms. The van der Waals surface area contributed by atoms with Crippen molar-refractivity contribution >= 4 is 11.9 Å². The van der Waals surface area contributed by atoms with Crippen LogP contribution < -0.4 is 9.47 Å². The summed E-state index contributed by atoms with van der Waals surface area (Å²) in [4.78, 5) is 16.4. The molecule has 0 N–H and O–H groups in total. The summed E-state index contributed by atoms with van der Waals surface area (Å²) in [5.74, 6) is 2.19. The van der Waals surface area contributed by atoms with Crippen molar-refractivity contribution in [1.82, 2.24) is 4.98 Å². The Labute approximate surface area is 183 Å². The summed E-state index contributed by atoms with van der Waals surface area (Å²) in [6.07, 6.45) is 4.93. The number of hydrogen-bond acceptors (Lipinski definition) is 5. The van der Waals surface area contributed by atoms with Gasteiger partial charge in [0.1, 0.15) is 12.5 Å². The van der Waals surface area contributed by atoms with E-state index in [9.17, 15) is 4.79 Å². The SMILES string of the molecule is CCOc1ccc(-c2nc(C/C=C(/C=O)c3ccccc3C(C)C)co2)cc1OCC. The van der Waals surface area contributed by atoms with Crippen LogP contribution in [-0.2, 0) is 11.2 Å². The Morgan fingerprint density at radius 2 is 1.81 bits per heavy atom. The summed E-state index contributed by atoms with van der Waals surface area (Å²) in [6, 6.07) is 13.6. The quantitative estimate of drug-likeness (QED) is 0.294. The van der Waals surface area contributed by atoms with Gasteiger partial charge in [0.2, 0.25) is 5.89 Å². The smallest absolute Gasteiger partial charge is 0.226 e. The molecule has 1 heterocycles. The van der Waals surface area contributed by atoms with Crippen LogP contribution in [0.3, 0.4) is 0 Å². The maximum atomic E-state index is 11.8. The third-order valence-electron chi connectivity index (χ3n) is 4.89. The van der Waals surface area contributed by atoms with Gasteiger partial charge in [-0.1, -0.05) is 44.2 Å². The molecule has 5 nitrogen and oxygen atoms in total. The van der Waals surface area contributed by atoms with Gasteiger partial charge in [-0.15, -0.1) is 0 Å². The Balaban J connectivity index is 1.83. The summed E-state index contributed by atoms with van der Waals surface area (Å²) < 4.78 is 17.0. The highest BCUT2D eigenvalue weighted by Gasteiger charge is 2.13. The number of allylic oxidation sites excluding steroid dienone is 2. The number of aromatic nitrogens is 1. The van der Waals surface area contributed by atoms with Crippen LogP contribution in [0.2, 0.25) is 0 Å². The Morgan fingerprint density at radius 3 is 2.52 bits per heavy atom. The lowest BCUT2D eigenvalue weighted by Crippen LogP contribution is -1.98. The second kappa shape index (κ2) is 10.6. The normalized spacial score (nSPS) is 11.6. The van der Waals surface area contributed by atoms with Crippen LogP contribution in [0.4, 0.5) is 0 Å². The Hall–Kier alpha value is -3.34. The Morgan fingerprint density at radius 1 is 1.06 bits per heavy atom. The number of oxazole rings is 1. The summed E-state index contributed by atoms with van der Waals surface area (Å²) in [5, 5.41) is 0. The van der Waals surface area contributed by atoms with Gasteiger partial charge in [0, 0.05) is 17.6 Å². The molecule has 162 valence electrons. The van der Waals surface area contributed by atoms with Crippen molar-refractivity contribution in [3.8, 4) is 23.0 Å². The Kier molecular flexibility index (Phi) is 7.65. The van der Waals surface area contributed by atoms with Gasteiger partial charge < -0.3 is 13.9 Å². The molecule has 0 bridgehead atoms. The van der Waals surface area contributed by atoms with E-state index in [0.29, 0.717) is 48.5 Å². The first-order valence-electron chi connectivity index (χ1n) is 10.7. The largest absolute Gasteiger partial charge is 0.490 e. The van der Waals surface area contributed by atoms with E-state index in [4.69, 9.17) is 13.9 Å². The topological polar surface area (TPSA) is 61.6 Å². The van der Waals surface area contributed by atoms with E-state index >= 15 is 0 Å². The van der Waals surface area contributed by atoms with Crippen molar-refractivity contribution in [3.63, 3.8) is 0 Å². The minimum Gasteiger partial charge on any atom is -0.490 e. The molecule has 2 aromatic carbocycles. The van der Waals surface area contributed by atoms with E-state index in [1.807, 2.05) is 56.3 Å². The lowest BCUT2D eigenvalue weighted by Gasteiger charge is -2.12.